The first kappa shape index (κ1) is 17.4. The highest BCUT2D eigenvalue weighted by Gasteiger charge is 2.23. The average molecular weight is 339 g/mol. The summed E-state index contributed by atoms with van der Waals surface area (Å²) in [5.41, 5.74) is 2.24. The SMILES string of the molecule is Cc1ccc(Cn2nc(C(=O)NC3CCCCC3C)ccc2=O)cc1. The number of nitrogens with zero attached hydrogens (tertiary/aromatic N) is 2. The molecule has 1 aliphatic carbocycles. The summed E-state index contributed by atoms with van der Waals surface area (Å²) < 4.78 is 1.35. The fourth-order valence-corrected chi connectivity index (χ4v) is 3.32. The Morgan fingerprint density at radius 1 is 1.16 bits per heavy atom. The lowest BCUT2D eigenvalue weighted by atomic mass is 9.86. The van der Waals surface area contributed by atoms with Gasteiger partial charge in [-0.25, -0.2) is 4.68 Å². The van der Waals surface area contributed by atoms with Crippen LogP contribution in [0.5, 0.6) is 0 Å². The third-order valence-electron chi connectivity index (χ3n) is 4.98. The van der Waals surface area contributed by atoms with Crippen LogP contribution in [0.25, 0.3) is 0 Å². The molecule has 2 atom stereocenters. The molecule has 132 valence electrons. The fourth-order valence-electron chi connectivity index (χ4n) is 3.32. The zero-order chi connectivity index (χ0) is 17.8. The van der Waals surface area contributed by atoms with Crippen molar-refractivity contribution < 1.29 is 4.79 Å². The minimum absolute atomic E-state index is 0.195. The van der Waals surface area contributed by atoms with Gasteiger partial charge in [0, 0.05) is 12.1 Å². The standard InChI is InChI=1S/C20H25N3O2/c1-14-7-9-16(10-8-14)13-23-19(24)12-11-18(22-23)20(25)21-17-6-4-3-5-15(17)2/h7-12,15,17H,3-6,13H2,1-2H3,(H,21,25). The van der Waals surface area contributed by atoms with Gasteiger partial charge in [0.2, 0.25) is 0 Å². The van der Waals surface area contributed by atoms with Crippen LogP contribution in [0, 0.1) is 12.8 Å². The Bertz CT molecular complexity index is 795. The third-order valence-corrected chi connectivity index (χ3v) is 4.98. The average Bonchev–Trinajstić information content (AvgIpc) is 2.60. The molecule has 1 aromatic heterocycles. The molecule has 0 radical (unpaired) electrons. The molecule has 1 aliphatic rings. The second-order valence-corrected chi connectivity index (χ2v) is 7.04. The van der Waals surface area contributed by atoms with Crippen molar-refractivity contribution in [3.05, 3.63) is 63.6 Å². The Balaban J connectivity index is 1.75. The molecule has 1 amide bonds. The van der Waals surface area contributed by atoms with Crippen molar-refractivity contribution >= 4 is 5.91 Å². The molecule has 1 fully saturated rings. The zero-order valence-electron chi connectivity index (χ0n) is 14.9. The Labute approximate surface area is 148 Å². The predicted octanol–water partition coefficient (Wildman–Crippen LogP) is 2.91. The van der Waals surface area contributed by atoms with E-state index in [9.17, 15) is 9.59 Å². The molecule has 0 spiro atoms. The van der Waals surface area contributed by atoms with Crippen molar-refractivity contribution in [1.29, 1.82) is 0 Å². The van der Waals surface area contributed by atoms with E-state index < -0.39 is 0 Å². The molecule has 3 rings (SSSR count). The molecule has 5 nitrogen and oxygen atoms in total. The normalized spacial score (nSPS) is 20.2. The van der Waals surface area contributed by atoms with E-state index in [1.165, 1.54) is 28.8 Å². The van der Waals surface area contributed by atoms with Gasteiger partial charge in [0.05, 0.1) is 6.54 Å². The van der Waals surface area contributed by atoms with Crippen LogP contribution in [0.15, 0.2) is 41.2 Å². The minimum Gasteiger partial charge on any atom is -0.348 e. The van der Waals surface area contributed by atoms with Crippen LogP contribution in [-0.2, 0) is 6.54 Å². The summed E-state index contributed by atoms with van der Waals surface area (Å²) >= 11 is 0. The van der Waals surface area contributed by atoms with E-state index in [1.54, 1.807) is 0 Å². The van der Waals surface area contributed by atoms with Gasteiger partial charge in [0.1, 0.15) is 5.69 Å². The number of hydrogen-bond acceptors (Lipinski definition) is 3. The molecule has 1 heterocycles. The first-order chi connectivity index (χ1) is 12.0. The largest absolute Gasteiger partial charge is 0.348 e. The highest BCUT2D eigenvalue weighted by Crippen LogP contribution is 2.23. The number of hydrogen-bond donors (Lipinski definition) is 1. The quantitative estimate of drug-likeness (QED) is 0.931. The number of benzene rings is 1. The van der Waals surface area contributed by atoms with Crippen LogP contribution >= 0.6 is 0 Å². The molecule has 2 unspecified atom stereocenters. The van der Waals surface area contributed by atoms with Gasteiger partial charge in [-0.15, -0.1) is 0 Å². The molecular weight excluding hydrogens is 314 g/mol. The second-order valence-electron chi connectivity index (χ2n) is 7.04. The van der Waals surface area contributed by atoms with Gasteiger partial charge in [-0.3, -0.25) is 9.59 Å². The summed E-state index contributed by atoms with van der Waals surface area (Å²) in [5, 5.41) is 7.36. The maximum absolute atomic E-state index is 12.5. The monoisotopic (exact) mass is 339 g/mol. The van der Waals surface area contributed by atoms with Gasteiger partial charge in [-0.2, -0.15) is 5.10 Å². The molecule has 5 heteroatoms. The van der Waals surface area contributed by atoms with Crippen LogP contribution in [-0.4, -0.2) is 21.7 Å². The van der Waals surface area contributed by atoms with E-state index in [2.05, 4.69) is 17.3 Å². The van der Waals surface area contributed by atoms with Crippen molar-refractivity contribution in [3.8, 4) is 0 Å². The van der Waals surface area contributed by atoms with Crippen molar-refractivity contribution in [1.82, 2.24) is 15.1 Å². The van der Waals surface area contributed by atoms with Gasteiger partial charge >= 0.3 is 0 Å². The molecule has 0 saturated heterocycles. The highest BCUT2D eigenvalue weighted by atomic mass is 16.2. The predicted molar refractivity (Wildman–Crippen MR) is 97.7 cm³/mol. The minimum atomic E-state index is -0.205. The van der Waals surface area contributed by atoms with Gasteiger partial charge in [0.25, 0.3) is 11.5 Å². The summed E-state index contributed by atoms with van der Waals surface area (Å²) in [7, 11) is 0. The van der Waals surface area contributed by atoms with E-state index in [0.29, 0.717) is 18.2 Å². The summed E-state index contributed by atoms with van der Waals surface area (Å²) in [6.45, 7) is 4.56. The van der Waals surface area contributed by atoms with Gasteiger partial charge < -0.3 is 5.32 Å². The van der Waals surface area contributed by atoms with E-state index in [0.717, 1.165) is 24.8 Å². The third kappa shape index (κ3) is 4.35. The number of nitrogens with one attached hydrogen (secondary N) is 1. The highest BCUT2D eigenvalue weighted by molar-refractivity contribution is 5.92. The summed E-state index contributed by atoms with van der Waals surface area (Å²) in [4.78, 5) is 24.6. The van der Waals surface area contributed by atoms with Gasteiger partial charge in [-0.05, 0) is 37.3 Å². The van der Waals surface area contributed by atoms with Gasteiger partial charge in [0.15, 0.2) is 0 Å². The van der Waals surface area contributed by atoms with Crippen LogP contribution < -0.4 is 10.9 Å². The lowest BCUT2D eigenvalue weighted by Crippen LogP contribution is -2.42. The molecule has 2 aromatic rings. The fraction of sp³-hybridized carbons (Fsp3) is 0.450. The Morgan fingerprint density at radius 3 is 2.60 bits per heavy atom. The second kappa shape index (κ2) is 7.64. The molecule has 25 heavy (non-hydrogen) atoms. The Morgan fingerprint density at radius 2 is 1.88 bits per heavy atom. The maximum Gasteiger partial charge on any atom is 0.271 e. The molecule has 1 N–H and O–H groups in total. The Kier molecular flexibility index (Phi) is 5.31. The topological polar surface area (TPSA) is 64.0 Å². The van der Waals surface area contributed by atoms with Crippen molar-refractivity contribution in [3.63, 3.8) is 0 Å². The lowest BCUT2D eigenvalue weighted by Gasteiger charge is -2.29. The van der Waals surface area contributed by atoms with Crippen molar-refractivity contribution in [2.75, 3.05) is 0 Å². The summed E-state index contributed by atoms with van der Waals surface area (Å²) in [5.74, 6) is 0.285. The molecule has 1 saturated carbocycles. The maximum atomic E-state index is 12.5. The zero-order valence-corrected chi connectivity index (χ0v) is 14.9. The van der Waals surface area contributed by atoms with Crippen LogP contribution in [0.3, 0.4) is 0 Å². The van der Waals surface area contributed by atoms with E-state index in [1.807, 2.05) is 31.2 Å². The Hall–Kier alpha value is -2.43. The van der Waals surface area contributed by atoms with Crippen LogP contribution in [0.1, 0.15) is 54.2 Å². The van der Waals surface area contributed by atoms with Crippen molar-refractivity contribution in [2.24, 2.45) is 5.92 Å². The number of aryl methyl sites for hydroxylation is 1. The molecule has 1 aromatic carbocycles. The number of carbonyl (C=O) groups is 1. The molecule has 0 aliphatic heterocycles. The van der Waals surface area contributed by atoms with E-state index in [-0.39, 0.29) is 17.5 Å². The molecule has 0 bridgehead atoms. The van der Waals surface area contributed by atoms with Crippen LogP contribution in [0.4, 0.5) is 0 Å². The van der Waals surface area contributed by atoms with Crippen LogP contribution in [0.2, 0.25) is 0 Å². The summed E-state index contributed by atoms with van der Waals surface area (Å²) in [6.07, 6.45) is 4.53. The van der Waals surface area contributed by atoms with Gasteiger partial charge in [-0.1, -0.05) is 49.6 Å². The number of rotatable bonds is 4. The van der Waals surface area contributed by atoms with Crippen molar-refractivity contribution in [2.45, 2.75) is 52.1 Å². The van der Waals surface area contributed by atoms with E-state index >= 15 is 0 Å². The smallest absolute Gasteiger partial charge is 0.271 e. The first-order valence-corrected chi connectivity index (χ1v) is 8.97. The summed E-state index contributed by atoms with van der Waals surface area (Å²) in [6, 6.07) is 11.1. The number of carbonyl (C=O) groups excluding carboxylic acids is 1. The first-order valence-electron chi connectivity index (χ1n) is 8.97. The molecular formula is C20H25N3O2. The number of amides is 1. The van der Waals surface area contributed by atoms with E-state index in [4.69, 9.17) is 0 Å². The lowest BCUT2D eigenvalue weighted by molar-refractivity contribution is 0.0902. The number of aromatic nitrogens is 2.